The molecular weight excluding hydrogens is 306 g/mol. The highest BCUT2D eigenvalue weighted by molar-refractivity contribution is 7.80. The van der Waals surface area contributed by atoms with Crippen molar-refractivity contribution in [2.75, 3.05) is 6.61 Å². The van der Waals surface area contributed by atoms with Crippen molar-refractivity contribution in [2.24, 2.45) is 0 Å². The molecule has 4 nitrogen and oxygen atoms in total. The van der Waals surface area contributed by atoms with Gasteiger partial charge in [-0.3, -0.25) is 4.40 Å². The molecule has 0 saturated heterocycles. The third-order valence-corrected chi connectivity index (χ3v) is 4.33. The lowest BCUT2D eigenvalue weighted by Crippen LogP contribution is -1.99. The monoisotopic (exact) mass is 327 g/mol. The number of aryl methyl sites for hydroxylation is 1. The number of hydrogen-bond donors (Lipinski definition) is 1. The fraction of sp³-hybridized carbons (Fsp3) is 0.333. The molecule has 5 heteroatoms. The summed E-state index contributed by atoms with van der Waals surface area (Å²) in [5.74, 6) is 0.820. The number of rotatable bonds is 6. The maximum absolute atomic E-state index is 5.90. The first kappa shape index (κ1) is 15.9. The number of imidazole rings is 1. The van der Waals surface area contributed by atoms with Gasteiger partial charge in [0.2, 0.25) is 0 Å². The molecule has 120 valence electrons. The Morgan fingerprint density at radius 1 is 1.22 bits per heavy atom. The molecule has 3 aromatic rings. The Kier molecular flexibility index (Phi) is 4.86. The van der Waals surface area contributed by atoms with E-state index in [1.165, 1.54) is 12.0 Å². The van der Waals surface area contributed by atoms with E-state index < -0.39 is 0 Å². The van der Waals surface area contributed by atoms with Gasteiger partial charge >= 0.3 is 0 Å². The van der Waals surface area contributed by atoms with Crippen LogP contribution in [0.5, 0.6) is 5.75 Å². The minimum atomic E-state index is 0.604. The largest absolute Gasteiger partial charge is 0.492 e. The molecule has 0 radical (unpaired) electrons. The number of nitrogens with zero attached hydrogens (tertiary/aromatic N) is 3. The predicted octanol–water partition coefficient (Wildman–Crippen LogP) is 4.43. The van der Waals surface area contributed by atoms with Gasteiger partial charge in [-0.1, -0.05) is 19.4 Å². The van der Waals surface area contributed by atoms with E-state index in [-0.39, 0.29) is 0 Å². The summed E-state index contributed by atoms with van der Waals surface area (Å²) in [6.45, 7) is 4.79. The second kappa shape index (κ2) is 7.04. The molecule has 2 aromatic heterocycles. The van der Waals surface area contributed by atoms with Gasteiger partial charge in [0.15, 0.2) is 0 Å². The maximum atomic E-state index is 5.90. The van der Waals surface area contributed by atoms with Crippen LogP contribution in [0.2, 0.25) is 0 Å². The molecular formula is C18H21N3OS. The van der Waals surface area contributed by atoms with Gasteiger partial charge in [0.05, 0.1) is 17.2 Å². The van der Waals surface area contributed by atoms with Gasteiger partial charge in [-0.25, -0.2) is 9.97 Å². The van der Waals surface area contributed by atoms with E-state index in [2.05, 4.69) is 29.0 Å². The lowest BCUT2D eigenvalue weighted by atomic mass is 10.0. The first-order chi connectivity index (χ1) is 11.2. The van der Waals surface area contributed by atoms with Crippen LogP contribution >= 0.6 is 12.6 Å². The van der Waals surface area contributed by atoms with Crippen LogP contribution in [-0.2, 0) is 6.42 Å². The van der Waals surface area contributed by atoms with Crippen LogP contribution < -0.4 is 4.74 Å². The summed E-state index contributed by atoms with van der Waals surface area (Å²) >= 11 is 4.73. The standard InChI is InChI=1S/C18H21N3OS/c1-3-5-6-13-7-8-14(17(18(13)23)22-4-2)15-11-21-12-19-10-9-16(21)20-15/h7-12,23H,3-6H2,1-2H3. The zero-order chi connectivity index (χ0) is 16.2. The lowest BCUT2D eigenvalue weighted by molar-refractivity contribution is 0.333. The van der Waals surface area contributed by atoms with Crippen LogP contribution in [0.4, 0.5) is 0 Å². The third kappa shape index (κ3) is 3.20. The van der Waals surface area contributed by atoms with Crippen LogP contribution in [0.1, 0.15) is 32.3 Å². The molecule has 0 unspecified atom stereocenters. The van der Waals surface area contributed by atoms with E-state index >= 15 is 0 Å². The zero-order valence-electron chi connectivity index (χ0n) is 13.5. The van der Waals surface area contributed by atoms with Crippen molar-refractivity contribution in [3.63, 3.8) is 0 Å². The topological polar surface area (TPSA) is 39.4 Å². The van der Waals surface area contributed by atoms with Crippen molar-refractivity contribution in [1.29, 1.82) is 0 Å². The van der Waals surface area contributed by atoms with E-state index in [0.29, 0.717) is 6.61 Å². The Labute approximate surface area is 142 Å². The molecule has 23 heavy (non-hydrogen) atoms. The summed E-state index contributed by atoms with van der Waals surface area (Å²) in [5.41, 5.74) is 3.95. The lowest BCUT2D eigenvalue weighted by Gasteiger charge is -2.14. The molecule has 0 aliphatic heterocycles. The third-order valence-electron chi connectivity index (χ3n) is 3.84. The summed E-state index contributed by atoms with van der Waals surface area (Å²) in [4.78, 5) is 9.71. The number of ether oxygens (including phenoxy) is 1. The fourth-order valence-electron chi connectivity index (χ4n) is 2.65. The molecule has 0 atom stereocenters. The molecule has 0 aliphatic carbocycles. The van der Waals surface area contributed by atoms with Crippen molar-refractivity contribution in [3.05, 3.63) is 42.5 Å². The Morgan fingerprint density at radius 2 is 2.09 bits per heavy atom. The van der Waals surface area contributed by atoms with Crippen LogP contribution in [0.25, 0.3) is 16.9 Å². The minimum Gasteiger partial charge on any atom is -0.492 e. The first-order valence-corrected chi connectivity index (χ1v) is 8.46. The molecule has 3 rings (SSSR count). The van der Waals surface area contributed by atoms with Crippen LogP contribution in [0, 0.1) is 0 Å². The zero-order valence-corrected chi connectivity index (χ0v) is 14.4. The van der Waals surface area contributed by atoms with Crippen LogP contribution in [-0.4, -0.2) is 21.0 Å². The molecule has 1 aromatic carbocycles. The second-order valence-electron chi connectivity index (χ2n) is 5.46. The number of aromatic nitrogens is 3. The normalized spacial score (nSPS) is 11.1. The fourth-order valence-corrected chi connectivity index (χ4v) is 3.02. The molecule has 0 aliphatic rings. The van der Waals surface area contributed by atoms with E-state index in [1.54, 1.807) is 12.5 Å². The van der Waals surface area contributed by atoms with Crippen molar-refractivity contribution >= 4 is 18.3 Å². The Bertz CT molecular complexity index is 780. The highest BCUT2D eigenvalue weighted by atomic mass is 32.1. The molecule has 0 N–H and O–H groups in total. The molecule has 0 amide bonds. The quantitative estimate of drug-likeness (QED) is 0.681. The van der Waals surface area contributed by atoms with Gasteiger partial charge in [0, 0.05) is 18.0 Å². The SMILES string of the molecule is CCCCc1ccc(-c2cn3cnccc3n2)c(OCC)c1S. The summed E-state index contributed by atoms with van der Waals surface area (Å²) in [6, 6.07) is 6.12. The highest BCUT2D eigenvalue weighted by Gasteiger charge is 2.16. The van der Waals surface area contributed by atoms with Crippen LogP contribution in [0.3, 0.4) is 0 Å². The molecule has 2 heterocycles. The smallest absolute Gasteiger partial charge is 0.142 e. The number of fused-ring (bicyclic) bond motifs is 1. The Morgan fingerprint density at radius 3 is 2.83 bits per heavy atom. The van der Waals surface area contributed by atoms with Gasteiger partial charge in [-0.05, 0) is 37.5 Å². The van der Waals surface area contributed by atoms with Crippen molar-refractivity contribution in [3.8, 4) is 17.0 Å². The van der Waals surface area contributed by atoms with Crippen LogP contribution in [0.15, 0.2) is 41.8 Å². The maximum Gasteiger partial charge on any atom is 0.142 e. The minimum absolute atomic E-state index is 0.604. The Balaban J connectivity index is 2.08. The van der Waals surface area contributed by atoms with Crippen molar-refractivity contribution in [1.82, 2.24) is 14.4 Å². The average Bonchev–Trinajstić information content (AvgIpc) is 2.99. The second-order valence-corrected chi connectivity index (χ2v) is 5.91. The summed E-state index contributed by atoms with van der Waals surface area (Å²) in [6.07, 6.45) is 8.80. The van der Waals surface area contributed by atoms with Crippen molar-refractivity contribution < 1.29 is 4.74 Å². The highest BCUT2D eigenvalue weighted by Crippen LogP contribution is 2.37. The molecule has 0 spiro atoms. The number of benzene rings is 1. The van der Waals surface area contributed by atoms with E-state index in [0.717, 1.165) is 40.4 Å². The van der Waals surface area contributed by atoms with Gasteiger partial charge < -0.3 is 4.74 Å². The summed E-state index contributed by atoms with van der Waals surface area (Å²) in [5, 5.41) is 0. The van der Waals surface area contributed by atoms with E-state index in [9.17, 15) is 0 Å². The van der Waals surface area contributed by atoms with Gasteiger partial charge in [-0.2, -0.15) is 0 Å². The molecule has 0 saturated carbocycles. The predicted molar refractivity (Wildman–Crippen MR) is 95.5 cm³/mol. The number of hydrogen-bond acceptors (Lipinski definition) is 4. The van der Waals surface area contributed by atoms with Crippen molar-refractivity contribution in [2.45, 2.75) is 38.0 Å². The average molecular weight is 327 g/mol. The first-order valence-electron chi connectivity index (χ1n) is 8.01. The van der Waals surface area contributed by atoms with Gasteiger partial charge in [0.1, 0.15) is 17.7 Å². The molecule has 0 bridgehead atoms. The summed E-state index contributed by atoms with van der Waals surface area (Å²) < 4.78 is 7.81. The van der Waals surface area contributed by atoms with Gasteiger partial charge in [0.25, 0.3) is 0 Å². The van der Waals surface area contributed by atoms with E-state index in [4.69, 9.17) is 17.4 Å². The Hall–Kier alpha value is -2.01. The molecule has 0 fully saturated rings. The summed E-state index contributed by atoms with van der Waals surface area (Å²) in [7, 11) is 0. The number of unbranched alkanes of at least 4 members (excludes halogenated alkanes) is 1. The van der Waals surface area contributed by atoms with Gasteiger partial charge in [-0.15, -0.1) is 12.6 Å². The van der Waals surface area contributed by atoms with E-state index in [1.807, 2.05) is 23.6 Å². The number of thiol groups is 1.